The van der Waals surface area contributed by atoms with Crippen molar-refractivity contribution in [3.05, 3.63) is 59.2 Å². The van der Waals surface area contributed by atoms with Gasteiger partial charge in [0.2, 0.25) is 0 Å². The molecule has 3 heteroatoms. The van der Waals surface area contributed by atoms with E-state index in [1.807, 2.05) is 42.5 Å². The summed E-state index contributed by atoms with van der Waals surface area (Å²) >= 11 is 0. The van der Waals surface area contributed by atoms with Crippen molar-refractivity contribution in [1.29, 1.82) is 0 Å². The van der Waals surface area contributed by atoms with E-state index in [4.69, 9.17) is 4.74 Å². The number of carbonyl (C=O) groups excluding carboxylic acids is 1. The summed E-state index contributed by atoms with van der Waals surface area (Å²) < 4.78 is 5.71. The summed E-state index contributed by atoms with van der Waals surface area (Å²) in [5.74, 6) is 0.926. The number of hydrogen-bond acceptors (Lipinski definition) is 3. The van der Waals surface area contributed by atoms with Crippen LogP contribution < -0.4 is 10.1 Å². The van der Waals surface area contributed by atoms with Gasteiger partial charge in [0.1, 0.15) is 5.75 Å². The van der Waals surface area contributed by atoms with Crippen LogP contribution in [0, 0.1) is 0 Å². The first kappa shape index (κ1) is 12.5. The third-order valence-corrected chi connectivity index (χ3v) is 4.02. The number of ketones is 1. The first-order valence-corrected chi connectivity index (χ1v) is 7.48. The van der Waals surface area contributed by atoms with E-state index >= 15 is 0 Å². The Labute approximate surface area is 123 Å². The molecule has 106 valence electrons. The largest absolute Gasteiger partial charge is 0.490 e. The fourth-order valence-corrected chi connectivity index (χ4v) is 2.68. The van der Waals surface area contributed by atoms with Gasteiger partial charge in [-0.25, -0.2) is 0 Å². The Kier molecular flexibility index (Phi) is 2.92. The van der Waals surface area contributed by atoms with Gasteiger partial charge >= 0.3 is 0 Å². The lowest BCUT2D eigenvalue weighted by Gasteiger charge is -2.07. The van der Waals surface area contributed by atoms with Crippen LogP contribution in [-0.4, -0.2) is 18.4 Å². The number of ether oxygens (including phenoxy) is 1. The molecule has 0 bridgehead atoms. The van der Waals surface area contributed by atoms with Gasteiger partial charge < -0.3 is 10.1 Å². The van der Waals surface area contributed by atoms with Crippen molar-refractivity contribution in [3.8, 4) is 5.75 Å². The normalized spacial score (nSPS) is 16.2. The topological polar surface area (TPSA) is 38.3 Å². The van der Waals surface area contributed by atoms with Gasteiger partial charge in [-0.1, -0.05) is 0 Å². The van der Waals surface area contributed by atoms with Gasteiger partial charge in [0.05, 0.1) is 6.10 Å². The summed E-state index contributed by atoms with van der Waals surface area (Å²) in [5.41, 5.74) is 3.85. The molecule has 1 saturated carbocycles. The summed E-state index contributed by atoms with van der Waals surface area (Å²) in [6.45, 7) is 0.959. The minimum absolute atomic E-state index is 0.0719. The van der Waals surface area contributed by atoms with E-state index in [1.54, 1.807) is 0 Å². The van der Waals surface area contributed by atoms with E-state index in [0.29, 0.717) is 11.7 Å². The Morgan fingerprint density at radius 3 is 2.57 bits per heavy atom. The van der Waals surface area contributed by atoms with Crippen molar-refractivity contribution < 1.29 is 9.53 Å². The van der Waals surface area contributed by atoms with Gasteiger partial charge in [-0.2, -0.15) is 0 Å². The van der Waals surface area contributed by atoms with Crippen molar-refractivity contribution in [2.45, 2.75) is 25.4 Å². The molecule has 1 heterocycles. The van der Waals surface area contributed by atoms with Gasteiger partial charge in [-0.05, 0) is 67.3 Å². The second-order valence-electron chi connectivity index (χ2n) is 5.72. The summed E-state index contributed by atoms with van der Waals surface area (Å²) in [6.07, 6.45) is 3.66. The van der Waals surface area contributed by atoms with Crippen LogP contribution in [-0.2, 0) is 6.42 Å². The number of benzene rings is 2. The highest BCUT2D eigenvalue weighted by atomic mass is 16.5. The maximum atomic E-state index is 12.5. The summed E-state index contributed by atoms with van der Waals surface area (Å²) in [4.78, 5) is 12.5. The molecule has 0 amide bonds. The number of carbonyl (C=O) groups is 1. The zero-order valence-corrected chi connectivity index (χ0v) is 11.8. The summed E-state index contributed by atoms with van der Waals surface area (Å²) in [5, 5.41) is 3.31. The molecular weight excluding hydrogens is 262 g/mol. The molecule has 0 atom stereocenters. The molecule has 3 nitrogen and oxygen atoms in total. The van der Waals surface area contributed by atoms with E-state index in [0.717, 1.165) is 42.8 Å². The van der Waals surface area contributed by atoms with Crippen LogP contribution in [0.5, 0.6) is 5.75 Å². The van der Waals surface area contributed by atoms with Gasteiger partial charge in [-0.3, -0.25) is 4.79 Å². The molecule has 2 aromatic rings. The lowest BCUT2D eigenvalue weighted by atomic mass is 10.0. The molecule has 1 aliphatic carbocycles. The van der Waals surface area contributed by atoms with Crippen molar-refractivity contribution in [3.63, 3.8) is 0 Å². The zero-order chi connectivity index (χ0) is 14.2. The molecule has 2 aliphatic rings. The molecule has 1 aliphatic heterocycles. The highest BCUT2D eigenvalue weighted by Crippen LogP contribution is 2.28. The Morgan fingerprint density at radius 1 is 1.05 bits per heavy atom. The molecule has 0 spiro atoms. The van der Waals surface area contributed by atoms with Gasteiger partial charge in [0.15, 0.2) is 5.78 Å². The predicted octanol–water partition coefficient (Wildman–Crippen LogP) is 3.43. The molecule has 0 saturated heterocycles. The van der Waals surface area contributed by atoms with Crippen LogP contribution in [0.3, 0.4) is 0 Å². The standard InChI is InChI=1S/C18H17NO2/c20-18(14-3-8-17-13(11-14)9-10-19-17)12-1-4-15(5-2-12)21-16-6-7-16/h1-5,8,11,16,19H,6-7,9-10H2. The van der Waals surface area contributed by atoms with Gasteiger partial charge in [-0.15, -0.1) is 0 Å². The van der Waals surface area contributed by atoms with E-state index in [1.165, 1.54) is 5.56 Å². The van der Waals surface area contributed by atoms with E-state index in [-0.39, 0.29) is 5.78 Å². The minimum Gasteiger partial charge on any atom is -0.490 e. The van der Waals surface area contributed by atoms with E-state index < -0.39 is 0 Å². The van der Waals surface area contributed by atoms with Gasteiger partial charge in [0.25, 0.3) is 0 Å². The molecule has 21 heavy (non-hydrogen) atoms. The molecule has 0 unspecified atom stereocenters. The van der Waals surface area contributed by atoms with E-state index in [2.05, 4.69) is 5.32 Å². The molecule has 0 aromatic heterocycles. The molecule has 4 rings (SSSR count). The fraction of sp³-hybridized carbons (Fsp3) is 0.278. The van der Waals surface area contributed by atoms with Crippen LogP contribution in [0.1, 0.15) is 34.3 Å². The molecule has 1 N–H and O–H groups in total. The van der Waals surface area contributed by atoms with Crippen molar-refractivity contribution in [1.82, 2.24) is 0 Å². The Morgan fingerprint density at radius 2 is 1.81 bits per heavy atom. The number of fused-ring (bicyclic) bond motifs is 1. The second-order valence-corrected chi connectivity index (χ2v) is 5.72. The number of anilines is 1. The summed E-state index contributed by atoms with van der Waals surface area (Å²) in [7, 11) is 0. The Hall–Kier alpha value is -2.29. The highest BCUT2D eigenvalue weighted by molar-refractivity contribution is 6.09. The third kappa shape index (κ3) is 2.51. The third-order valence-electron chi connectivity index (χ3n) is 4.02. The van der Waals surface area contributed by atoms with Crippen LogP contribution in [0.4, 0.5) is 5.69 Å². The fourth-order valence-electron chi connectivity index (χ4n) is 2.68. The van der Waals surface area contributed by atoms with Crippen molar-refractivity contribution in [2.24, 2.45) is 0 Å². The molecule has 0 radical (unpaired) electrons. The van der Waals surface area contributed by atoms with Crippen LogP contribution in [0.15, 0.2) is 42.5 Å². The van der Waals surface area contributed by atoms with Crippen LogP contribution >= 0.6 is 0 Å². The average Bonchev–Trinajstić information content (AvgIpc) is 3.21. The SMILES string of the molecule is O=C(c1ccc(OC2CC2)cc1)c1ccc2c(c1)CCN2. The smallest absolute Gasteiger partial charge is 0.193 e. The van der Waals surface area contributed by atoms with Crippen molar-refractivity contribution >= 4 is 11.5 Å². The maximum Gasteiger partial charge on any atom is 0.193 e. The average molecular weight is 279 g/mol. The Balaban J connectivity index is 1.55. The van der Waals surface area contributed by atoms with Crippen LogP contribution in [0.2, 0.25) is 0 Å². The first-order valence-electron chi connectivity index (χ1n) is 7.48. The molecule has 1 fully saturated rings. The number of rotatable bonds is 4. The van der Waals surface area contributed by atoms with Gasteiger partial charge in [0, 0.05) is 23.4 Å². The van der Waals surface area contributed by atoms with Crippen LogP contribution in [0.25, 0.3) is 0 Å². The minimum atomic E-state index is 0.0719. The first-order chi connectivity index (χ1) is 10.3. The number of nitrogens with one attached hydrogen (secondary N) is 1. The lowest BCUT2D eigenvalue weighted by Crippen LogP contribution is -2.02. The molecular formula is C18H17NO2. The predicted molar refractivity (Wildman–Crippen MR) is 82.2 cm³/mol. The number of hydrogen-bond donors (Lipinski definition) is 1. The highest BCUT2D eigenvalue weighted by Gasteiger charge is 2.23. The van der Waals surface area contributed by atoms with E-state index in [9.17, 15) is 4.79 Å². The zero-order valence-electron chi connectivity index (χ0n) is 11.8. The Bertz CT molecular complexity index is 687. The molecule has 2 aromatic carbocycles. The monoisotopic (exact) mass is 279 g/mol. The maximum absolute atomic E-state index is 12.5. The van der Waals surface area contributed by atoms with Crippen molar-refractivity contribution in [2.75, 3.05) is 11.9 Å². The second kappa shape index (κ2) is 4.92. The lowest BCUT2D eigenvalue weighted by molar-refractivity contribution is 0.103. The summed E-state index contributed by atoms with van der Waals surface area (Å²) in [6, 6.07) is 13.4. The quantitative estimate of drug-likeness (QED) is 0.871.